The number of aliphatic hydroxyl groups excluding tert-OH is 1. The summed E-state index contributed by atoms with van der Waals surface area (Å²) < 4.78 is 5.72. The zero-order valence-electron chi connectivity index (χ0n) is 20.3. The number of Topliss-reactive ketones (excluding diaryl/α,β-unsaturated/α-hetero) is 1. The minimum absolute atomic E-state index is 0.0299. The first kappa shape index (κ1) is 24.7. The van der Waals surface area contributed by atoms with Crippen LogP contribution in [-0.2, 0) is 14.4 Å². The second-order valence-electron chi connectivity index (χ2n) is 8.51. The third kappa shape index (κ3) is 4.84. The van der Waals surface area contributed by atoms with Gasteiger partial charge in [-0.2, -0.15) is 0 Å². The average Bonchev–Trinajstić information content (AvgIpc) is 3.13. The number of anilines is 2. The van der Waals surface area contributed by atoms with Gasteiger partial charge in [0.25, 0.3) is 11.7 Å². The van der Waals surface area contributed by atoms with Crippen LogP contribution < -0.4 is 15.0 Å². The minimum Gasteiger partial charge on any atom is -0.507 e. The summed E-state index contributed by atoms with van der Waals surface area (Å²) >= 11 is 0. The molecule has 2 heterocycles. The third-order valence-corrected chi connectivity index (χ3v) is 5.82. The smallest absolute Gasteiger partial charge is 0.300 e. The van der Waals surface area contributed by atoms with Crippen LogP contribution in [0.25, 0.3) is 5.76 Å². The largest absolute Gasteiger partial charge is 0.507 e. The fourth-order valence-corrected chi connectivity index (χ4v) is 4.22. The molecule has 0 spiro atoms. The van der Waals surface area contributed by atoms with Crippen molar-refractivity contribution in [2.75, 3.05) is 16.8 Å². The van der Waals surface area contributed by atoms with Crippen LogP contribution in [0.2, 0.25) is 0 Å². The zero-order chi connectivity index (χ0) is 25.8. The Morgan fingerprint density at radius 3 is 2.53 bits per heavy atom. The van der Waals surface area contributed by atoms with E-state index in [1.807, 2.05) is 13.8 Å². The lowest BCUT2D eigenvalue weighted by molar-refractivity contribution is -0.132. The van der Waals surface area contributed by atoms with Crippen molar-refractivity contribution in [3.8, 4) is 5.75 Å². The quantitative estimate of drug-likeness (QED) is 0.284. The molecular formula is C28H27N3O5. The summed E-state index contributed by atoms with van der Waals surface area (Å²) in [5.74, 6) is -1.43. The summed E-state index contributed by atoms with van der Waals surface area (Å²) in [6.07, 6.45) is 3.99. The van der Waals surface area contributed by atoms with Crippen molar-refractivity contribution in [2.24, 2.45) is 0 Å². The monoisotopic (exact) mass is 485 g/mol. The second kappa shape index (κ2) is 10.4. The second-order valence-corrected chi connectivity index (χ2v) is 8.51. The van der Waals surface area contributed by atoms with E-state index in [2.05, 4.69) is 10.3 Å². The Hall–Kier alpha value is -4.46. The van der Waals surface area contributed by atoms with Gasteiger partial charge in [0.05, 0.1) is 18.2 Å². The highest BCUT2D eigenvalue weighted by Crippen LogP contribution is 2.42. The van der Waals surface area contributed by atoms with E-state index in [0.29, 0.717) is 34.9 Å². The molecule has 184 valence electrons. The van der Waals surface area contributed by atoms with Gasteiger partial charge >= 0.3 is 0 Å². The van der Waals surface area contributed by atoms with Crippen LogP contribution in [-0.4, -0.2) is 34.3 Å². The SMILES string of the molecule is CCCOc1ccc(/C(O)=C2\C(=O)C(=O)N(c3cccc(NC(C)=O)c3)C2c2ccncc2)cc1C. The molecule has 4 rings (SSSR count). The van der Waals surface area contributed by atoms with Gasteiger partial charge in [-0.25, -0.2) is 0 Å². The number of carbonyl (C=O) groups is 3. The lowest BCUT2D eigenvalue weighted by Crippen LogP contribution is -2.29. The molecule has 1 aromatic heterocycles. The van der Waals surface area contributed by atoms with E-state index in [1.54, 1.807) is 67.0 Å². The molecule has 2 aromatic carbocycles. The van der Waals surface area contributed by atoms with Crippen LogP contribution >= 0.6 is 0 Å². The number of hydrogen-bond donors (Lipinski definition) is 2. The molecule has 1 saturated heterocycles. The van der Waals surface area contributed by atoms with Crippen LogP contribution in [0.15, 0.2) is 72.6 Å². The van der Waals surface area contributed by atoms with Crippen molar-refractivity contribution >= 4 is 34.7 Å². The fraction of sp³-hybridized carbons (Fsp3) is 0.214. The molecule has 1 aliphatic rings. The summed E-state index contributed by atoms with van der Waals surface area (Å²) in [7, 11) is 0. The fourth-order valence-electron chi connectivity index (χ4n) is 4.22. The van der Waals surface area contributed by atoms with E-state index >= 15 is 0 Å². The van der Waals surface area contributed by atoms with Crippen molar-refractivity contribution in [3.05, 3.63) is 89.3 Å². The van der Waals surface area contributed by atoms with Gasteiger partial charge in [-0.1, -0.05) is 13.0 Å². The molecule has 1 atom stereocenters. The van der Waals surface area contributed by atoms with Crippen LogP contribution in [0.5, 0.6) is 5.75 Å². The molecule has 8 nitrogen and oxygen atoms in total. The molecule has 0 aliphatic carbocycles. The molecule has 0 radical (unpaired) electrons. The number of ether oxygens (including phenoxy) is 1. The summed E-state index contributed by atoms with van der Waals surface area (Å²) in [5, 5.41) is 14.0. The van der Waals surface area contributed by atoms with Crippen molar-refractivity contribution in [1.82, 2.24) is 4.98 Å². The Balaban J connectivity index is 1.85. The Morgan fingerprint density at radius 1 is 1.11 bits per heavy atom. The number of ketones is 1. The standard InChI is InChI=1S/C28H27N3O5/c1-4-14-36-23-9-8-20(15-17(23)2)26(33)24-25(19-10-12-29-13-11-19)31(28(35)27(24)34)22-7-5-6-21(16-22)30-18(3)32/h5-13,15-16,25,33H,4,14H2,1-3H3,(H,30,32)/b26-24+. The van der Waals surface area contributed by atoms with Crippen LogP contribution in [0, 0.1) is 6.92 Å². The normalized spacial score (nSPS) is 16.8. The van der Waals surface area contributed by atoms with Gasteiger partial charge in [0.2, 0.25) is 5.91 Å². The highest BCUT2D eigenvalue weighted by atomic mass is 16.5. The van der Waals surface area contributed by atoms with Gasteiger partial charge in [0, 0.05) is 36.3 Å². The van der Waals surface area contributed by atoms with Crippen molar-refractivity contribution in [1.29, 1.82) is 0 Å². The van der Waals surface area contributed by atoms with Gasteiger partial charge < -0.3 is 15.2 Å². The van der Waals surface area contributed by atoms with E-state index in [-0.39, 0.29) is 17.2 Å². The van der Waals surface area contributed by atoms with Gasteiger partial charge in [-0.15, -0.1) is 0 Å². The predicted octanol–water partition coefficient (Wildman–Crippen LogP) is 4.76. The Morgan fingerprint density at radius 2 is 1.86 bits per heavy atom. The lowest BCUT2D eigenvalue weighted by Gasteiger charge is -2.25. The average molecular weight is 486 g/mol. The Bertz CT molecular complexity index is 1350. The maximum absolute atomic E-state index is 13.3. The Kier molecular flexibility index (Phi) is 7.15. The number of aromatic nitrogens is 1. The third-order valence-electron chi connectivity index (χ3n) is 5.82. The van der Waals surface area contributed by atoms with Crippen LogP contribution in [0.3, 0.4) is 0 Å². The molecule has 1 unspecified atom stereocenters. The highest BCUT2D eigenvalue weighted by molar-refractivity contribution is 6.51. The molecular weight excluding hydrogens is 458 g/mol. The molecule has 8 heteroatoms. The summed E-state index contributed by atoms with van der Waals surface area (Å²) in [4.78, 5) is 43.6. The van der Waals surface area contributed by atoms with Crippen LogP contribution in [0.1, 0.15) is 43.0 Å². The van der Waals surface area contributed by atoms with Crippen LogP contribution in [0.4, 0.5) is 11.4 Å². The molecule has 2 N–H and O–H groups in total. The molecule has 3 aromatic rings. The molecule has 2 amide bonds. The van der Waals surface area contributed by atoms with Gasteiger partial charge in [0.1, 0.15) is 11.5 Å². The lowest BCUT2D eigenvalue weighted by atomic mass is 9.95. The van der Waals surface area contributed by atoms with Gasteiger partial charge in [0.15, 0.2) is 0 Å². The van der Waals surface area contributed by atoms with E-state index < -0.39 is 17.7 Å². The number of aliphatic hydroxyl groups is 1. The van der Waals surface area contributed by atoms with E-state index in [4.69, 9.17) is 4.74 Å². The predicted molar refractivity (Wildman–Crippen MR) is 137 cm³/mol. The first-order valence-corrected chi connectivity index (χ1v) is 11.6. The molecule has 0 bridgehead atoms. The molecule has 1 aliphatic heterocycles. The number of amides is 2. The first-order valence-electron chi connectivity index (χ1n) is 11.6. The maximum atomic E-state index is 13.3. The molecule has 1 fully saturated rings. The number of aryl methyl sites for hydroxylation is 1. The summed E-state index contributed by atoms with van der Waals surface area (Å²) in [6.45, 7) is 5.82. The van der Waals surface area contributed by atoms with E-state index in [1.165, 1.54) is 11.8 Å². The van der Waals surface area contributed by atoms with Crippen molar-refractivity contribution in [2.45, 2.75) is 33.2 Å². The zero-order valence-corrected chi connectivity index (χ0v) is 20.3. The van der Waals surface area contributed by atoms with E-state index in [0.717, 1.165) is 12.0 Å². The molecule has 36 heavy (non-hydrogen) atoms. The summed E-state index contributed by atoms with van der Waals surface area (Å²) in [6, 6.07) is 14.3. The highest BCUT2D eigenvalue weighted by Gasteiger charge is 2.47. The number of hydrogen-bond acceptors (Lipinski definition) is 6. The topological polar surface area (TPSA) is 109 Å². The van der Waals surface area contributed by atoms with Gasteiger partial charge in [-0.3, -0.25) is 24.3 Å². The van der Waals surface area contributed by atoms with Crippen molar-refractivity contribution in [3.63, 3.8) is 0 Å². The number of pyridine rings is 1. The maximum Gasteiger partial charge on any atom is 0.300 e. The first-order chi connectivity index (χ1) is 17.3. The number of carbonyl (C=O) groups excluding carboxylic acids is 3. The summed E-state index contributed by atoms with van der Waals surface area (Å²) in [5.41, 5.74) is 2.66. The number of rotatable bonds is 7. The number of benzene rings is 2. The number of nitrogens with one attached hydrogen (secondary N) is 1. The van der Waals surface area contributed by atoms with Gasteiger partial charge in [-0.05, 0) is 73.0 Å². The molecule has 0 saturated carbocycles. The Labute approximate surface area is 209 Å². The minimum atomic E-state index is -0.892. The van der Waals surface area contributed by atoms with E-state index in [9.17, 15) is 19.5 Å². The number of nitrogens with zero attached hydrogens (tertiary/aromatic N) is 2. The van der Waals surface area contributed by atoms with Crippen molar-refractivity contribution < 1.29 is 24.2 Å².